The van der Waals surface area contributed by atoms with Gasteiger partial charge in [0.25, 0.3) is 0 Å². The van der Waals surface area contributed by atoms with E-state index in [4.69, 9.17) is 15.6 Å². The Hall–Kier alpha value is -1.26. The lowest BCUT2D eigenvalue weighted by atomic mass is 9.98. The van der Waals surface area contributed by atoms with Gasteiger partial charge < -0.3 is 15.6 Å². The molecule has 0 radical (unpaired) electrons. The number of aliphatic carboxylic acids is 1. The van der Waals surface area contributed by atoms with E-state index in [1.165, 1.54) is 0 Å². The lowest BCUT2D eigenvalue weighted by molar-refractivity contribution is -0.137. The molecule has 1 aliphatic carbocycles. The highest BCUT2D eigenvalue weighted by molar-refractivity contribution is 5.85. The molecule has 3 N–H and O–H groups in total. The Bertz CT molecular complexity index is 422. The Morgan fingerprint density at radius 2 is 2.24 bits per heavy atom. The van der Waals surface area contributed by atoms with Gasteiger partial charge >= 0.3 is 5.97 Å². The van der Waals surface area contributed by atoms with Crippen molar-refractivity contribution in [3.63, 3.8) is 0 Å². The van der Waals surface area contributed by atoms with E-state index >= 15 is 0 Å². The number of hydrogen-bond acceptors (Lipinski definition) is 3. The summed E-state index contributed by atoms with van der Waals surface area (Å²) in [6.07, 6.45) is 0.836. The van der Waals surface area contributed by atoms with Crippen molar-refractivity contribution in [2.24, 2.45) is 5.73 Å². The van der Waals surface area contributed by atoms with Crippen LogP contribution in [-0.2, 0) is 4.79 Å². The minimum absolute atomic E-state index is 0. The maximum atomic E-state index is 10.8. The topological polar surface area (TPSA) is 72.5 Å². The van der Waals surface area contributed by atoms with Crippen molar-refractivity contribution in [2.45, 2.75) is 24.8 Å². The van der Waals surface area contributed by atoms with E-state index in [2.05, 4.69) is 0 Å². The molecule has 94 valence electrons. The van der Waals surface area contributed by atoms with E-state index in [1.54, 1.807) is 7.11 Å². The predicted octanol–water partition coefficient (Wildman–Crippen LogP) is 2.08. The van der Waals surface area contributed by atoms with Crippen molar-refractivity contribution < 1.29 is 14.6 Å². The zero-order valence-electron chi connectivity index (χ0n) is 9.55. The number of ether oxygens (including phenoxy) is 1. The number of hydrogen-bond donors (Lipinski definition) is 2. The molecule has 2 atom stereocenters. The van der Waals surface area contributed by atoms with Gasteiger partial charge in [-0.05, 0) is 35.6 Å². The predicted molar refractivity (Wildman–Crippen MR) is 66.8 cm³/mol. The number of benzene rings is 1. The third-order valence-corrected chi connectivity index (χ3v) is 3.09. The summed E-state index contributed by atoms with van der Waals surface area (Å²) in [6.45, 7) is 0. The molecule has 4 nitrogen and oxygen atoms in total. The van der Waals surface area contributed by atoms with Gasteiger partial charge in [-0.25, -0.2) is 0 Å². The monoisotopic (exact) mass is 257 g/mol. The number of rotatable bonds is 3. The van der Waals surface area contributed by atoms with Gasteiger partial charge in [0.2, 0.25) is 0 Å². The average Bonchev–Trinajstić information content (AvgIpc) is 2.54. The molecule has 0 fully saturated rings. The number of carboxylic acid groups (broad SMARTS) is 1. The highest BCUT2D eigenvalue weighted by Gasteiger charge is 2.30. The summed E-state index contributed by atoms with van der Waals surface area (Å²) in [5, 5.41) is 8.84. The summed E-state index contributed by atoms with van der Waals surface area (Å²) in [4.78, 5) is 10.8. The molecule has 0 saturated carbocycles. The first-order valence-electron chi connectivity index (χ1n) is 5.27. The van der Waals surface area contributed by atoms with Gasteiger partial charge in [0.1, 0.15) is 5.75 Å². The molecule has 0 spiro atoms. The van der Waals surface area contributed by atoms with Gasteiger partial charge in [0.15, 0.2) is 0 Å². The van der Waals surface area contributed by atoms with Crippen LogP contribution in [0.4, 0.5) is 0 Å². The van der Waals surface area contributed by atoms with Crippen molar-refractivity contribution >= 4 is 18.4 Å². The summed E-state index contributed by atoms with van der Waals surface area (Å²) in [6, 6.07) is 5.64. The molecule has 0 heterocycles. The lowest BCUT2D eigenvalue weighted by Crippen LogP contribution is -2.07. The molecule has 5 heteroatoms. The lowest BCUT2D eigenvalue weighted by Gasteiger charge is -2.09. The fourth-order valence-corrected chi connectivity index (χ4v) is 2.34. The molecule has 0 bridgehead atoms. The number of methoxy groups -OCH3 is 1. The first-order valence-corrected chi connectivity index (χ1v) is 5.27. The van der Waals surface area contributed by atoms with Crippen LogP contribution in [0.3, 0.4) is 0 Å². The molecular weight excluding hydrogens is 242 g/mol. The second-order valence-electron chi connectivity index (χ2n) is 4.13. The van der Waals surface area contributed by atoms with Crippen LogP contribution >= 0.6 is 12.4 Å². The summed E-state index contributed by atoms with van der Waals surface area (Å²) in [5.74, 6) is -0.0197. The van der Waals surface area contributed by atoms with Crippen LogP contribution < -0.4 is 10.5 Å². The fourth-order valence-electron chi connectivity index (χ4n) is 2.34. The molecule has 0 aliphatic heterocycles. The van der Waals surface area contributed by atoms with Gasteiger partial charge in [0, 0.05) is 6.04 Å². The number of fused-ring (bicyclic) bond motifs is 1. The van der Waals surface area contributed by atoms with Crippen molar-refractivity contribution in [1.82, 2.24) is 0 Å². The van der Waals surface area contributed by atoms with Crippen molar-refractivity contribution in [3.8, 4) is 5.75 Å². The quantitative estimate of drug-likeness (QED) is 0.870. The van der Waals surface area contributed by atoms with E-state index in [0.29, 0.717) is 6.42 Å². The smallest absolute Gasteiger partial charge is 0.303 e. The van der Waals surface area contributed by atoms with Crippen LogP contribution in [0.1, 0.15) is 35.9 Å². The first-order chi connectivity index (χ1) is 7.61. The highest BCUT2D eigenvalue weighted by atomic mass is 35.5. The Morgan fingerprint density at radius 3 is 2.82 bits per heavy atom. The molecule has 2 unspecified atom stereocenters. The fraction of sp³-hybridized carbons (Fsp3) is 0.417. The molecule has 0 amide bonds. The second kappa shape index (κ2) is 5.38. The van der Waals surface area contributed by atoms with E-state index in [-0.39, 0.29) is 30.8 Å². The Balaban J connectivity index is 0.00000144. The Labute approximate surface area is 106 Å². The van der Waals surface area contributed by atoms with E-state index < -0.39 is 5.97 Å². The summed E-state index contributed by atoms with van der Waals surface area (Å²) in [5.41, 5.74) is 8.04. The van der Waals surface area contributed by atoms with Gasteiger partial charge in [-0.2, -0.15) is 0 Å². The third kappa shape index (κ3) is 2.70. The number of carboxylic acids is 1. The molecular formula is C12H16ClNO3. The van der Waals surface area contributed by atoms with Crippen LogP contribution in [0.5, 0.6) is 5.75 Å². The Kier molecular flexibility index (Phi) is 4.37. The van der Waals surface area contributed by atoms with Gasteiger partial charge in [-0.3, -0.25) is 4.79 Å². The van der Waals surface area contributed by atoms with Gasteiger partial charge in [-0.1, -0.05) is 6.07 Å². The SMILES string of the molecule is COc1ccc2c(c1)C(CC(=O)O)CC2N.Cl. The number of nitrogens with two attached hydrogens (primary N) is 1. The largest absolute Gasteiger partial charge is 0.497 e. The van der Waals surface area contributed by atoms with Crippen LogP contribution in [0.15, 0.2) is 18.2 Å². The standard InChI is InChI=1S/C12H15NO3.ClH/c1-16-8-2-3-9-10(6-8)7(4-11(9)13)5-12(14)15;/h2-3,6-7,11H,4-5,13H2,1H3,(H,14,15);1H. The number of halogens is 1. The summed E-state index contributed by atoms with van der Waals surface area (Å²) >= 11 is 0. The minimum atomic E-state index is -0.784. The Morgan fingerprint density at radius 1 is 1.53 bits per heavy atom. The third-order valence-electron chi connectivity index (χ3n) is 3.09. The van der Waals surface area contributed by atoms with Crippen molar-refractivity contribution in [1.29, 1.82) is 0 Å². The molecule has 17 heavy (non-hydrogen) atoms. The summed E-state index contributed by atoms with van der Waals surface area (Å²) < 4.78 is 5.14. The molecule has 1 aliphatic rings. The van der Waals surface area contributed by atoms with E-state index in [1.807, 2.05) is 18.2 Å². The first kappa shape index (κ1) is 13.8. The maximum absolute atomic E-state index is 10.8. The molecule has 0 saturated heterocycles. The van der Waals surface area contributed by atoms with E-state index in [9.17, 15) is 4.79 Å². The molecule has 1 aromatic rings. The maximum Gasteiger partial charge on any atom is 0.303 e. The molecule has 0 aromatic heterocycles. The molecule has 2 rings (SSSR count). The van der Waals surface area contributed by atoms with Crippen molar-refractivity contribution in [2.75, 3.05) is 7.11 Å². The highest BCUT2D eigenvalue weighted by Crippen LogP contribution is 2.42. The van der Waals surface area contributed by atoms with Crippen LogP contribution in [0.2, 0.25) is 0 Å². The van der Waals surface area contributed by atoms with Gasteiger partial charge in [0.05, 0.1) is 13.5 Å². The average molecular weight is 258 g/mol. The summed E-state index contributed by atoms with van der Waals surface area (Å²) in [7, 11) is 1.60. The normalized spacial score (nSPS) is 21.5. The van der Waals surface area contributed by atoms with Gasteiger partial charge in [-0.15, -0.1) is 12.4 Å². The zero-order chi connectivity index (χ0) is 11.7. The van der Waals surface area contributed by atoms with Crippen LogP contribution in [0, 0.1) is 0 Å². The molecule has 1 aromatic carbocycles. The van der Waals surface area contributed by atoms with E-state index in [0.717, 1.165) is 16.9 Å². The second-order valence-corrected chi connectivity index (χ2v) is 4.13. The zero-order valence-corrected chi connectivity index (χ0v) is 10.4. The van der Waals surface area contributed by atoms with Crippen LogP contribution in [0.25, 0.3) is 0 Å². The number of carbonyl (C=O) groups is 1. The minimum Gasteiger partial charge on any atom is -0.497 e. The van der Waals surface area contributed by atoms with Crippen molar-refractivity contribution in [3.05, 3.63) is 29.3 Å². The van der Waals surface area contributed by atoms with Crippen LogP contribution in [-0.4, -0.2) is 18.2 Å².